The molecule has 100 valence electrons. The highest BCUT2D eigenvalue weighted by Gasteiger charge is 2.29. The van der Waals surface area contributed by atoms with Crippen LogP contribution in [-0.4, -0.2) is 25.8 Å². The molecule has 1 aliphatic heterocycles. The summed E-state index contributed by atoms with van der Waals surface area (Å²) in [5.41, 5.74) is 0. The SMILES string of the molecule is CC1CCN(S(=O)(=O)c2ccc(F)cc2Cl)CC1. The van der Waals surface area contributed by atoms with Crippen LogP contribution in [0.25, 0.3) is 0 Å². The Morgan fingerprint density at radius 3 is 2.50 bits per heavy atom. The van der Waals surface area contributed by atoms with Gasteiger partial charge < -0.3 is 0 Å². The van der Waals surface area contributed by atoms with Crippen LogP contribution in [-0.2, 0) is 10.0 Å². The van der Waals surface area contributed by atoms with Crippen LogP contribution in [0.2, 0.25) is 5.02 Å². The van der Waals surface area contributed by atoms with Gasteiger partial charge in [-0.1, -0.05) is 18.5 Å². The lowest BCUT2D eigenvalue weighted by Gasteiger charge is -2.29. The second-order valence-electron chi connectivity index (χ2n) is 4.66. The minimum atomic E-state index is -3.60. The van der Waals surface area contributed by atoms with Gasteiger partial charge in [0.15, 0.2) is 0 Å². The lowest BCUT2D eigenvalue weighted by Crippen LogP contribution is -2.38. The summed E-state index contributed by atoms with van der Waals surface area (Å²) in [6.45, 7) is 3.10. The van der Waals surface area contributed by atoms with E-state index < -0.39 is 15.8 Å². The van der Waals surface area contributed by atoms with Crippen molar-refractivity contribution in [3.63, 3.8) is 0 Å². The Hall–Kier alpha value is -0.650. The molecule has 0 N–H and O–H groups in total. The predicted octanol–water partition coefficient (Wildman–Crippen LogP) is 2.90. The Bertz CT molecular complexity index is 539. The van der Waals surface area contributed by atoms with Crippen LogP contribution in [0, 0.1) is 11.7 Å². The molecule has 0 bridgehead atoms. The van der Waals surface area contributed by atoms with Gasteiger partial charge in [0.25, 0.3) is 0 Å². The summed E-state index contributed by atoms with van der Waals surface area (Å²) in [5.74, 6) is 0.00589. The van der Waals surface area contributed by atoms with Crippen molar-refractivity contribution < 1.29 is 12.8 Å². The molecule has 0 amide bonds. The first-order valence-electron chi connectivity index (χ1n) is 5.86. The van der Waals surface area contributed by atoms with Crippen molar-refractivity contribution in [1.82, 2.24) is 4.31 Å². The lowest BCUT2D eigenvalue weighted by atomic mass is 10.0. The fourth-order valence-electron chi connectivity index (χ4n) is 2.05. The van der Waals surface area contributed by atoms with E-state index in [1.54, 1.807) is 0 Å². The number of benzene rings is 1. The van der Waals surface area contributed by atoms with Crippen LogP contribution in [0.4, 0.5) is 4.39 Å². The van der Waals surface area contributed by atoms with Crippen molar-refractivity contribution >= 4 is 21.6 Å². The van der Waals surface area contributed by atoms with E-state index in [0.717, 1.165) is 25.0 Å². The van der Waals surface area contributed by atoms with Gasteiger partial charge in [-0.15, -0.1) is 0 Å². The smallest absolute Gasteiger partial charge is 0.207 e. The number of hydrogen-bond acceptors (Lipinski definition) is 2. The van der Waals surface area contributed by atoms with Crippen LogP contribution in [0.3, 0.4) is 0 Å². The van der Waals surface area contributed by atoms with Crippen LogP contribution in [0.5, 0.6) is 0 Å². The third-order valence-corrected chi connectivity index (χ3v) is 5.64. The van der Waals surface area contributed by atoms with Crippen molar-refractivity contribution in [2.24, 2.45) is 5.92 Å². The fraction of sp³-hybridized carbons (Fsp3) is 0.500. The molecule has 1 aromatic rings. The van der Waals surface area contributed by atoms with E-state index in [9.17, 15) is 12.8 Å². The molecule has 0 unspecified atom stereocenters. The number of rotatable bonds is 2. The Morgan fingerprint density at radius 1 is 1.33 bits per heavy atom. The zero-order valence-electron chi connectivity index (χ0n) is 10.1. The zero-order chi connectivity index (χ0) is 13.3. The standard InChI is InChI=1S/C12H15ClFNO2S/c1-9-4-6-15(7-5-9)18(16,17)12-3-2-10(14)8-11(12)13/h2-3,8-9H,4-7H2,1H3. The molecule has 0 spiro atoms. The number of piperidine rings is 1. The summed E-state index contributed by atoms with van der Waals surface area (Å²) < 4.78 is 39.0. The molecule has 1 saturated heterocycles. The minimum absolute atomic E-state index is 0.0138. The Balaban J connectivity index is 2.30. The van der Waals surface area contributed by atoms with Crippen LogP contribution >= 0.6 is 11.6 Å². The maximum Gasteiger partial charge on any atom is 0.244 e. The van der Waals surface area contributed by atoms with Crippen molar-refractivity contribution in [1.29, 1.82) is 0 Å². The van der Waals surface area contributed by atoms with Crippen LogP contribution < -0.4 is 0 Å². The van der Waals surface area contributed by atoms with E-state index in [2.05, 4.69) is 6.92 Å². The quantitative estimate of drug-likeness (QED) is 0.840. The van der Waals surface area contributed by atoms with Gasteiger partial charge in [0.1, 0.15) is 10.7 Å². The fourth-order valence-corrected chi connectivity index (χ4v) is 4.02. The molecule has 1 aliphatic rings. The minimum Gasteiger partial charge on any atom is -0.207 e. The largest absolute Gasteiger partial charge is 0.244 e. The maximum atomic E-state index is 12.9. The first-order chi connectivity index (χ1) is 8.41. The van der Waals surface area contributed by atoms with Crippen molar-refractivity contribution in [2.75, 3.05) is 13.1 Å². The summed E-state index contributed by atoms with van der Waals surface area (Å²) in [6, 6.07) is 3.37. The summed E-state index contributed by atoms with van der Waals surface area (Å²) in [7, 11) is -3.60. The molecule has 1 fully saturated rings. The Labute approximate surface area is 112 Å². The van der Waals surface area contributed by atoms with Crippen molar-refractivity contribution in [2.45, 2.75) is 24.7 Å². The van der Waals surface area contributed by atoms with Gasteiger partial charge in [-0.3, -0.25) is 0 Å². The van der Waals surface area contributed by atoms with Gasteiger partial charge in [-0.05, 0) is 37.0 Å². The number of halogens is 2. The van der Waals surface area contributed by atoms with Gasteiger partial charge in [0.2, 0.25) is 10.0 Å². The molecule has 2 rings (SSSR count). The average Bonchev–Trinajstić information content (AvgIpc) is 2.29. The molecule has 3 nitrogen and oxygen atoms in total. The third kappa shape index (κ3) is 2.68. The molecule has 0 atom stereocenters. The molecule has 1 heterocycles. The lowest BCUT2D eigenvalue weighted by molar-refractivity contribution is 0.288. The number of sulfonamides is 1. The number of nitrogens with zero attached hydrogens (tertiary/aromatic N) is 1. The monoisotopic (exact) mass is 291 g/mol. The normalized spacial score (nSPS) is 19.1. The molecule has 6 heteroatoms. The molecule has 0 aromatic heterocycles. The van der Waals surface area contributed by atoms with Crippen LogP contribution in [0.1, 0.15) is 19.8 Å². The van der Waals surface area contributed by atoms with Gasteiger partial charge in [-0.25, -0.2) is 12.8 Å². The second kappa shape index (κ2) is 5.15. The van der Waals surface area contributed by atoms with Gasteiger partial charge >= 0.3 is 0 Å². The van der Waals surface area contributed by atoms with Gasteiger partial charge in [-0.2, -0.15) is 4.31 Å². The van der Waals surface area contributed by atoms with Gasteiger partial charge in [0.05, 0.1) is 5.02 Å². The summed E-state index contributed by atoms with van der Waals surface area (Å²) in [6.07, 6.45) is 1.69. The Kier molecular flexibility index (Phi) is 3.94. The molecular formula is C12H15ClFNO2S. The van der Waals surface area contributed by atoms with E-state index in [1.807, 2.05) is 0 Å². The van der Waals surface area contributed by atoms with Crippen molar-refractivity contribution in [3.8, 4) is 0 Å². The topological polar surface area (TPSA) is 37.4 Å². The highest BCUT2D eigenvalue weighted by molar-refractivity contribution is 7.89. The molecule has 0 saturated carbocycles. The summed E-state index contributed by atoms with van der Waals surface area (Å²) >= 11 is 5.82. The molecule has 1 aromatic carbocycles. The number of hydrogen-bond donors (Lipinski definition) is 0. The van der Waals surface area contributed by atoms with E-state index in [4.69, 9.17) is 11.6 Å². The Morgan fingerprint density at radius 2 is 1.94 bits per heavy atom. The molecule has 0 radical (unpaired) electrons. The summed E-state index contributed by atoms with van der Waals surface area (Å²) in [5, 5.41) is -0.0615. The third-order valence-electron chi connectivity index (χ3n) is 3.25. The molecular weight excluding hydrogens is 277 g/mol. The second-order valence-corrected chi connectivity index (χ2v) is 6.97. The van der Waals surface area contributed by atoms with Crippen molar-refractivity contribution in [3.05, 3.63) is 29.0 Å². The van der Waals surface area contributed by atoms with E-state index >= 15 is 0 Å². The maximum absolute atomic E-state index is 12.9. The first kappa shape index (κ1) is 13.8. The average molecular weight is 292 g/mol. The highest BCUT2D eigenvalue weighted by atomic mass is 35.5. The molecule has 18 heavy (non-hydrogen) atoms. The first-order valence-corrected chi connectivity index (χ1v) is 7.68. The van der Waals surface area contributed by atoms with E-state index in [-0.39, 0.29) is 9.92 Å². The van der Waals surface area contributed by atoms with E-state index in [1.165, 1.54) is 10.4 Å². The van der Waals surface area contributed by atoms with E-state index in [0.29, 0.717) is 19.0 Å². The zero-order valence-corrected chi connectivity index (χ0v) is 11.6. The molecule has 0 aliphatic carbocycles. The van der Waals surface area contributed by atoms with Gasteiger partial charge in [0, 0.05) is 13.1 Å². The predicted molar refractivity (Wildman–Crippen MR) is 68.6 cm³/mol. The summed E-state index contributed by atoms with van der Waals surface area (Å²) in [4.78, 5) is -0.0138. The highest BCUT2D eigenvalue weighted by Crippen LogP contribution is 2.28. The van der Waals surface area contributed by atoms with Crippen LogP contribution in [0.15, 0.2) is 23.1 Å².